The first-order valence-electron chi connectivity index (χ1n) is 6.59. The van der Waals surface area contributed by atoms with Gasteiger partial charge in [0.05, 0.1) is 0 Å². The van der Waals surface area contributed by atoms with E-state index in [-0.39, 0.29) is 12.5 Å². The molecule has 0 saturated heterocycles. The molecule has 0 saturated carbocycles. The van der Waals surface area contributed by atoms with Gasteiger partial charge in [-0.05, 0) is 37.1 Å². The molecule has 0 aliphatic carbocycles. The maximum Gasteiger partial charge on any atom is 0.256 e. The molecule has 2 aromatic rings. The summed E-state index contributed by atoms with van der Waals surface area (Å²) in [5.41, 5.74) is 3.19. The van der Waals surface area contributed by atoms with E-state index in [4.69, 9.17) is 10.00 Å². The van der Waals surface area contributed by atoms with E-state index in [0.717, 1.165) is 11.1 Å². The number of nitrogens with zero attached hydrogens (tertiary/aromatic N) is 1. The van der Waals surface area contributed by atoms with Crippen molar-refractivity contribution in [2.24, 2.45) is 0 Å². The van der Waals surface area contributed by atoms with E-state index in [1.165, 1.54) is 0 Å². The van der Waals surface area contributed by atoms with Gasteiger partial charge in [0.25, 0.3) is 5.91 Å². The smallest absolute Gasteiger partial charge is 0.256 e. The number of hydrogen-bond donors (Lipinski definition) is 1. The lowest BCUT2D eigenvalue weighted by atomic mass is 10.0. The fourth-order valence-corrected chi connectivity index (χ4v) is 2.15. The molecule has 0 spiro atoms. The molecule has 21 heavy (non-hydrogen) atoms. The highest BCUT2D eigenvalue weighted by Crippen LogP contribution is 2.20. The number of carbonyl (C=O) groups is 1. The van der Waals surface area contributed by atoms with Crippen LogP contribution in [0.1, 0.15) is 21.5 Å². The summed E-state index contributed by atoms with van der Waals surface area (Å²) in [5.74, 6) is 0.402. The van der Waals surface area contributed by atoms with E-state index in [1.807, 2.05) is 38.1 Å². The summed E-state index contributed by atoms with van der Waals surface area (Å²) in [4.78, 5) is 12.4. The molecule has 0 unspecified atom stereocenters. The second kappa shape index (κ2) is 6.58. The second-order valence-corrected chi connectivity index (χ2v) is 4.70. The fourth-order valence-electron chi connectivity index (χ4n) is 2.15. The SMILES string of the molecule is Cc1cccc(C)c1C(=O)Nc1cccc(OCC#N)c1. The predicted molar refractivity (Wildman–Crippen MR) is 81.4 cm³/mol. The summed E-state index contributed by atoms with van der Waals surface area (Å²) >= 11 is 0. The van der Waals surface area contributed by atoms with Gasteiger partial charge in [0.15, 0.2) is 6.61 Å². The molecule has 4 nitrogen and oxygen atoms in total. The van der Waals surface area contributed by atoms with E-state index in [2.05, 4.69) is 5.32 Å². The van der Waals surface area contributed by atoms with Gasteiger partial charge in [-0.25, -0.2) is 0 Å². The molecule has 0 bridgehead atoms. The van der Waals surface area contributed by atoms with E-state index in [9.17, 15) is 4.79 Å². The van der Waals surface area contributed by atoms with E-state index in [0.29, 0.717) is 17.0 Å². The van der Waals surface area contributed by atoms with E-state index < -0.39 is 0 Å². The third-order valence-corrected chi connectivity index (χ3v) is 3.10. The molecule has 1 amide bonds. The van der Waals surface area contributed by atoms with Crippen molar-refractivity contribution in [1.82, 2.24) is 0 Å². The molecule has 4 heteroatoms. The zero-order valence-electron chi connectivity index (χ0n) is 12.0. The highest BCUT2D eigenvalue weighted by molar-refractivity contribution is 6.06. The number of rotatable bonds is 4. The van der Waals surface area contributed by atoms with Gasteiger partial charge in [0.2, 0.25) is 0 Å². The van der Waals surface area contributed by atoms with Gasteiger partial charge in [0, 0.05) is 17.3 Å². The highest BCUT2D eigenvalue weighted by atomic mass is 16.5. The molecular formula is C17H16N2O2. The average Bonchev–Trinajstić information content (AvgIpc) is 2.45. The summed E-state index contributed by atoms with van der Waals surface area (Å²) in [6.45, 7) is 3.80. The number of nitriles is 1. The molecule has 2 aromatic carbocycles. The van der Waals surface area contributed by atoms with Crippen molar-refractivity contribution in [1.29, 1.82) is 5.26 Å². The topological polar surface area (TPSA) is 62.1 Å². The second-order valence-electron chi connectivity index (χ2n) is 4.70. The number of carbonyl (C=O) groups excluding carboxylic acids is 1. The summed E-state index contributed by atoms with van der Waals surface area (Å²) in [6, 6.07) is 14.7. The number of benzene rings is 2. The van der Waals surface area contributed by atoms with Crippen molar-refractivity contribution >= 4 is 11.6 Å². The highest BCUT2D eigenvalue weighted by Gasteiger charge is 2.12. The minimum absolute atomic E-state index is 0.0195. The summed E-state index contributed by atoms with van der Waals surface area (Å²) in [5, 5.41) is 11.4. The molecule has 0 aliphatic rings. The van der Waals surface area contributed by atoms with Gasteiger partial charge in [0.1, 0.15) is 11.8 Å². The van der Waals surface area contributed by atoms with Gasteiger partial charge in [-0.2, -0.15) is 5.26 Å². The Morgan fingerprint density at radius 2 is 1.86 bits per heavy atom. The van der Waals surface area contributed by atoms with E-state index >= 15 is 0 Å². The van der Waals surface area contributed by atoms with Crippen LogP contribution in [0.2, 0.25) is 0 Å². The Hall–Kier alpha value is -2.80. The van der Waals surface area contributed by atoms with Gasteiger partial charge in [-0.3, -0.25) is 4.79 Å². The fraction of sp³-hybridized carbons (Fsp3) is 0.176. The van der Waals surface area contributed by atoms with Crippen molar-refractivity contribution < 1.29 is 9.53 Å². The van der Waals surface area contributed by atoms with Crippen LogP contribution in [0.15, 0.2) is 42.5 Å². The van der Waals surface area contributed by atoms with Crippen LogP contribution < -0.4 is 10.1 Å². The lowest BCUT2D eigenvalue weighted by molar-refractivity contribution is 0.102. The molecule has 106 valence electrons. The normalized spacial score (nSPS) is 9.76. The zero-order chi connectivity index (χ0) is 15.2. The van der Waals surface area contributed by atoms with Crippen molar-refractivity contribution in [3.63, 3.8) is 0 Å². The van der Waals surface area contributed by atoms with Crippen LogP contribution in [-0.4, -0.2) is 12.5 Å². The van der Waals surface area contributed by atoms with Crippen LogP contribution in [0.3, 0.4) is 0 Å². The first kappa shape index (κ1) is 14.6. The Balaban J connectivity index is 2.18. The van der Waals surface area contributed by atoms with Crippen molar-refractivity contribution in [3.05, 3.63) is 59.2 Å². The minimum Gasteiger partial charge on any atom is -0.479 e. The lowest BCUT2D eigenvalue weighted by Crippen LogP contribution is -2.15. The van der Waals surface area contributed by atoms with Crippen LogP contribution in [0, 0.1) is 25.2 Å². The molecule has 0 fully saturated rings. The number of anilines is 1. The first-order valence-corrected chi connectivity index (χ1v) is 6.59. The molecule has 0 heterocycles. The lowest BCUT2D eigenvalue weighted by Gasteiger charge is -2.11. The summed E-state index contributed by atoms with van der Waals surface area (Å²) < 4.78 is 5.22. The Labute approximate surface area is 124 Å². The Morgan fingerprint density at radius 3 is 2.52 bits per heavy atom. The quantitative estimate of drug-likeness (QED) is 0.932. The maximum absolute atomic E-state index is 12.4. The van der Waals surface area contributed by atoms with Crippen molar-refractivity contribution in [3.8, 4) is 11.8 Å². The standard InChI is InChI=1S/C17H16N2O2/c1-12-5-3-6-13(2)16(12)17(20)19-14-7-4-8-15(11-14)21-10-9-18/h3-8,11H,10H2,1-2H3,(H,19,20). The van der Waals surface area contributed by atoms with Crippen LogP contribution in [0.5, 0.6) is 5.75 Å². The third-order valence-electron chi connectivity index (χ3n) is 3.10. The zero-order valence-corrected chi connectivity index (χ0v) is 12.0. The third kappa shape index (κ3) is 3.61. The minimum atomic E-state index is -0.150. The van der Waals surface area contributed by atoms with Gasteiger partial charge in [-0.1, -0.05) is 24.3 Å². The van der Waals surface area contributed by atoms with Crippen molar-refractivity contribution in [2.75, 3.05) is 11.9 Å². The molecule has 0 aliphatic heterocycles. The molecule has 1 N–H and O–H groups in total. The average molecular weight is 280 g/mol. The molecular weight excluding hydrogens is 264 g/mol. The van der Waals surface area contributed by atoms with Gasteiger partial charge in [-0.15, -0.1) is 0 Å². The predicted octanol–water partition coefficient (Wildman–Crippen LogP) is 3.46. The number of nitrogens with one attached hydrogen (secondary N) is 1. The molecule has 0 radical (unpaired) electrons. The maximum atomic E-state index is 12.4. The van der Waals surface area contributed by atoms with Gasteiger partial charge < -0.3 is 10.1 Å². The van der Waals surface area contributed by atoms with E-state index in [1.54, 1.807) is 24.3 Å². The largest absolute Gasteiger partial charge is 0.479 e. The van der Waals surface area contributed by atoms with Crippen LogP contribution in [0.25, 0.3) is 0 Å². The molecule has 0 aromatic heterocycles. The molecule has 2 rings (SSSR count). The Morgan fingerprint density at radius 1 is 1.19 bits per heavy atom. The Kier molecular flexibility index (Phi) is 4.57. The van der Waals surface area contributed by atoms with Crippen LogP contribution in [-0.2, 0) is 0 Å². The van der Waals surface area contributed by atoms with Crippen molar-refractivity contribution in [2.45, 2.75) is 13.8 Å². The monoisotopic (exact) mass is 280 g/mol. The Bertz CT molecular complexity index is 682. The number of aryl methyl sites for hydroxylation is 2. The number of hydrogen-bond acceptors (Lipinski definition) is 3. The van der Waals surface area contributed by atoms with Crippen LogP contribution >= 0.6 is 0 Å². The number of ether oxygens (including phenoxy) is 1. The van der Waals surface area contributed by atoms with Crippen LogP contribution in [0.4, 0.5) is 5.69 Å². The summed E-state index contributed by atoms with van der Waals surface area (Å²) in [6.07, 6.45) is 0. The number of amides is 1. The molecule has 0 atom stereocenters. The van der Waals surface area contributed by atoms with Gasteiger partial charge >= 0.3 is 0 Å². The first-order chi connectivity index (χ1) is 10.1. The summed E-state index contributed by atoms with van der Waals surface area (Å²) in [7, 11) is 0.